The number of thiazole rings is 1. The number of ether oxygens (including phenoxy) is 1. The van der Waals surface area contributed by atoms with Gasteiger partial charge in [-0.3, -0.25) is 0 Å². The van der Waals surface area contributed by atoms with Crippen LogP contribution in [-0.2, 0) is 10.8 Å². The Morgan fingerprint density at radius 1 is 1.05 bits per heavy atom. The van der Waals surface area contributed by atoms with Gasteiger partial charge in [-0.15, -0.1) is 11.3 Å². The molecular weight excluding hydrogens is 292 g/mol. The maximum absolute atomic E-state index is 12.7. The smallest absolute Gasteiger partial charge is 0.387 e. The number of alkyl halides is 2. The minimum Gasteiger partial charge on any atom is -0.432 e. The lowest BCUT2D eigenvalue weighted by Gasteiger charge is -2.20. The maximum atomic E-state index is 12.7. The zero-order chi connectivity index (χ0) is 16.0. The first-order valence-electron chi connectivity index (χ1n) is 6.89. The van der Waals surface area contributed by atoms with Crippen LogP contribution in [0.1, 0.15) is 52.1 Å². The summed E-state index contributed by atoms with van der Waals surface area (Å²) in [7, 11) is 0. The molecular formula is C16H21F2NOS. The van der Waals surface area contributed by atoms with Crippen LogP contribution in [0.15, 0.2) is 12.1 Å². The van der Waals surface area contributed by atoms with E-state index in [0.29, 0.717) is 5.52 Å². The first-order valence-corrected chi connectivity index (χ1v) is 7.70. The summed E-state index contributed by atoms with van der Waals surface area (Å²) in [5.74, 6) is 0.166. The number of aromatic nitrogens is 1. The molecule has 0 N–H and O–H groups in total. The van der Waals surface area contributed by atoms with Crippen molar-refractivity contribution in [3.63, 3.8) is 0 Å². The fourth-order valence-electron chi connectivity index (χ4n) is 1.94. The van der Waals surface area contributed by atoms with Gasteiger partial charge in [0.1, 0.15) is 5.52 Å². The lowest BCUT2D eigenvalue weighted by Crippen LogP contribution is -2.12. The Morgan fingerprint density at radius 3 is 2.14 bits per heavy atom. The Kier molecular flexibility index (Phi) is 4.00. The summed E-state index contributed by atoms with van der Waals surface area (Å²) < 4.78 is 30.9. The minimum absolute atomic E-state index is 0.117. The Labute approximate surface area is 128 Å². The third-order valence-corrected chi connectivity index (χ3v) is 4.61. The van der Waals surface area contributed by atoms with E-state index in [1.807, 2.05) is 26.8 Å². The third kappa shape index (κ3) is 3.51. The molecule has 0 aliphatic carbocycles. The van der Waals surface area contributed by atoms with Gasteiger partial charge in [-0.05, 0) is 23.1 Å². The number of hydrogen-bond acceptors (Lipinski definition) is 3. The van der Waals surface area contributed by atoms with Gasteiger partial charge in [-0.1, -0.05) is 41.5 Å². The largest absolute Gasteiger partial charge is 0.432 e. The van der Waals surface area contributed by atoms with Gasteiger partial charge in [0.05, 0.1) is 9.71 Å². The lowest BCUT2D eigenvalue weighted by atomic mass is 9.87. The molecule has 2 aromatic rings. The van der Waals surface area contributed by atoms with E-state index in [9.17, 15) is 8.78 Å². The van der Waals surface area contributed by atoms with Crippen molar-refractivity contribution in [2.24, 2.45) is 0 Å². The van der Waals surface area contributed by atoms with Crippen molar-refractivity contribution >= 4 is 21.6 Å². The highest BCUT2D eigenvalue weighted by Crippen LogP contribution is 2.39. The van der Waals surface area contributed by atoms with E-state index in [0.717, 1.165) is 15.3 Å². The number of fused-ring (bicyclic) bond motifs is 1. The summed E-state index contributed by atoms with van der Waals surface area (Å²) in [5, 5.41) is 0.919. The summed E-state index contributed by atoms with van der Waals surface area (Å²) in [5.41, 5.74) is 1.24. The molecule has 1 heterocycles. The van der Waals surface area contributed by atoms with Crippen molar-refractivity contribution in [3.8, 4) is 5.75 Å². The standard InChI is InChI=1S/C16H21F2NOS/c1-15(2,3)9-7-10(20-14(17)18)12-11(8-9)21-13(19-12)16(4,5)6/h7-8,14H,1-6H3. The van der Waals surface area contributed by atoms with Crippen molar-refractivity contribution in [1.82, 2.24) is 4.98 Å². The van der Waals surface area contributed by atoms with Crippen LogP contribution < -0.4 is 4.74 Å². The molecule has 2 rings (SSSR count). The molecule has 5 heteroatoms. The van der Waals surface area contributed by atoms with Gasteiger partial charge in [-0.25, -0.2) is 4.98 Å². The second kappa shape index (κ2) is 5.20. The van der Waals surface area contributed by atoms with Gasteiger partial charge >= 0.3 is 6.61 Å². The molecule has 0 amide bonds. The number of rotatable bonds is 2. The highest BCUT2D eigenvalue weighted by Gasteiger charge is 2.24. The van der Waals surface area contributed by atoms with Crippen LogP contribution in [0.3, 0.4) is 0 Å². The van der Waals surface area contributed by atoms with E-state index in [-0.39, 0.29) is 16.6 Å². The van der Waals surface area contributed by atoms with Crippen molar-refractivity contribution in [2.75, 3.05) is 0 Å². The Bertz CT molecular complexity index is 651. The van der Waals surface area contributed by atoms with Gasteiger partial charge in [0, 0.05) is 5.41 Å². The van der Waals surface area contributed by atoms with E-state index in [4.69, 9.17) is 4.74 Å². The van der Waals surface area contributed by atoms with Gasteiger partial charge in [0.25, 0.3) is 0 Å². The fourth-order valence-corrected chi connectivity index (χ4v) is 3.02. The zero-order valence-electron chi connectivity index (χ0n) is 13.3. The van der Waals surface area contributed by atoms with Crippen LogP contribution in [0.2, 0.25) is 0 Å². The molecule has 21 heavy (non-hydrogen) atoms. The third-order valence-electron chi connectivity index (χ3n) is 3.18. The van der Waals surface area contributed by atoms with Gasteiger partial charge in [0.15, 0.2) is 5.75 Å². The number of benzene rings is 1. The summed E-state index contributed by atoms with van der Waals surface area (Å²) in [6.07, 6.45) is 0. The van der Waals surface area contributed by atoms with Crippen LogP contribution in [-0.4, -0.2) is 11.6 Å². The quantitative estimate of drug-likeness (QED) is 0.731. The molecule has 0 fully saturated rings. The molecule has 0 saturated carbocycles. The topological polar surface area (TPSA) is 22.1 Å². The minimum atomic E-state index is -2.84. The predicted molar refractivity (Wildman–Crippen MR) is 83.7 cm³/mol. The van der Waals surface area contributed by atoms with Gasteiger partial charge < -0.3 is 4.74 Å². The number of nitrogens with zero attached hydrogens (tertiary/aromatic N) is 1. The monoisotopic (exact) mass is 313 g/mol. The Hall–Kier alpha value is -1.23. The van der Waals surface area contributed by atoms with E-state index in [2.05, 4.69) is 25.8 Å². The first kappa shape index (κ1) is 16.1. The fraction of sp³-hybridized carbons (Fsp3) is 0.562. The molecule has 0 saturated heterocycles. The highest BCUT2D eigenvalue weighted by atomic mass is 32.1. The zero-order valence-corrected chi connectivity index (χ0v) is 14.1. The van der Waals surface area contributed by atoms with Crippen molar-refractivity contribution in [1.29, 1.82) is 0 Å². The molecule has 0 bridgehead atoms. The summed E-state index contributed by atoms with van der Waals surface area (Å²) >= 11 is 1.54. The molecule has 2 nitrogen and oxygen atoms in total. The Morgan fingerprint density at radius 2 is 1.67 bits per heavy atom. The molecule has 0 aliphatic heterocycles. The molecule has 0 unspecified atom stereocenters. The van der Waals surface area contributed by atoms with E-state index >= 15 is 0 Å². The summed E-state index contributed by atoms with van der Waals surface area (Å²) in [6, 6.07) is 3.71. The molecule has 0 spiro atoms. The van der Waals surface area contributed by atoms with Crippen LogP contribution in [0.4, 0.5) is 8.78 Å². The molecule has 1 aromatic heterocycles. The molecule has 0 radical (unpaired) electrons. The van der Waals surface area contributed by atoms with Gasteiger partial charge in [-0.2, -0.15) is 8.78 Å². The van der Waals surface area contributed by atoms with E-state index < -0.39 is 6.61 Å². The van der Waals surface area contributed by atoms with Crippen LogP contribution in [0.5, 0.6) is 5.75 Å². The van der Waals surface area contributed by atoms with Crippen molar-refractivity contribution < 1.29 is 13.5 Å². The van der Waals surface area contributed by atoms with Crippen LogP contribution in [0, 0.1) is 0 Å². The number of hydrogen-bond donors (Lipinski definition) is 0. The predicted octanol–water partition coefficient (Wildman–Crippen LogP) is 5.49. The average molecular weight is 313 g/mol. The summed E-state index contributed by atoms with van der Waals surface area (Å²) in [6.45, 7) is 9.47. The normalized spacial score (nSPS) is 13.2. The van der Waals surface area contributed by atoms with Crippen molar-refractivity contribution in [3.05, 3.63) is 22.7 Å². The second-order valence-electron chi connectivity index (χ2n) is 7.22. The van der Waals surface area contributed by atoms with Crippen molar-refractivity contribution in [2.45, 2.75) is 59.0 Å². The van der Waals surface area contributed by atoms with E-state index in [1.54, 1.807) is 6.07 Å². The van der Waals surface area contributed by atoms with E-state index in [1.165, 1.54) is 11.3 Å². The molecule has 0 aliphatic rings. The lowest BCUT2D eigenvalue weighted by molar-refractivity contribution is -0.0489. The van der Waals surface area contributed by atoms with Gasteiger partial charge in [0.2, 0.25) is 0 Å². The SMILES string of the molecule is CC(C)(C)c1cc(OC(F)F)c2nc(C(C)(C)C)sc2c1. The average Bonchev–Trinajstić information content (AvgIpc) is 2.70. The molecule has 116 valence electrons. The number of halogens is 2. The molecule has 0 atom stereocenters. The molecule has 1 aromatic carbocycles. The van der Waals surface area contributed by atoms with Crippen LogP contribution in [0.25, 0.3) is 10.2 Å². The van der Waals surface area contributed by atoms with Crippen LogP contribution >= 0.6 is 11.3 Å². The first-order chi connectivity index (χ1) is 9.48. The second-order valence-corrected chi connectivity index (χ2v) is 8.25. The Balaban J connectivity index is 2.68. The highest BCUT2D eigenvalue weighted by molar-refractivity contribution is 7.18. The summed E-state index contributed by atoms with van der Waals surface area (Å²) in [4.78, 5) is 4.52. The maximum Gasteiger partial charge on any atom is 0.387 e.